The van der Waals surface area contributed by atoms with Crippen molar-refractivity contribution < 1.29 is 0 Å². The molecule has 4 nitrogen and oxygen atoms in total. The largest absolute Gasteiger partial charge is 0.316 e. The zero-order valence-corrected chi connectivity index (χ0v) is 12.8. The number of aryl methyl sites for hydroxylation is 1. The second-order valence-electron chi connectivity index (χ2n) is 6.22. The van der Waals surface area contributed by atoms with Crippen LogP contribution in [0.1, 0.15) is 32.9 Å². The summed E-state index contributed by atoms with van der Waals surface area (Å²) in [6.07, 6.45) is 3.90. The van der Waals surface area contributed by atoms with Crippen LogP contribution >= 0.6 is 0 Å². The molecule has 2 aromatic rings. The minimum atomic E-state index is 0.250. The van der Waals surface area contributed by atoms with Crippen LogP contribution in [0, 0.1) is 5.41 Å². The number of hydrogen-bond donors (Lipinski definition) is 1. The standard InChI is InChI=1S/C16H24N4/c1-16(2,3)15(17-4)11-10-14-12-18-19-20(14)13-8-6-5-7-9-13/h5-9,12,15,17H,10-11H2,1-4H3. The fourth-order valence-corrected chi connectivity index (χ4v) is 2.52. The molecule has 2 rings (SSSR count). The highest BCUT2D eigenvalue weighted by Gasteiger charge is 2.23. The van der Waals surface area contributed by atoms with Crippen LogP contribution in [0.15, 0.2) is 36.5 Å². The number of benzene rings is 1. The first-order valence-corrected chi connectivity index (χ1v) is 7.14. The quantitative estimate of drug-likeness (QED) is 0.910. The molecule has 0 radical (unpaired) electrons. The zero-order chi connectivity index (χ0) is 14.6. The van der Waals surface area contributed by atoms with E-state index in [2.05, 4.69) is 48.5 Å². The maximum atomic E-state index is 4.20. The van der Waals surface area contributed by atoms with Crippen LogP contribution in [0.5, 0.6) is 0 Å². The molecule has 108 valence electrons. The Morgan fingerprint density at radius 1 is 1.20 bits per heavy atom. The Morgan fingerprint density at radius 2 is 1.90 bits per heavy atom. The SMILES string of the molecule is CNC(CCc1cnnn1-c1ccccc1)C(C)(C)C. The highest BCUT2D eigenvalue weighted by Crippen LogP contribution is 2.23. The first-order valence-electron chi connectivity index (χ1n) is 7.14. The van der Waals surface area contributed by atoms with Gasteiger partial charge in [-0.2, -0.15) is 0 Å². The van der Waals surface area contributed by atoms with Crippen molar-refractivity contribution in [2.75, 3.05) is 7.05 Å². The Balaban J connectivity index is 2.10. The molecule has 0 aliphatic carbocycles. The zero-order valence-electron chi connectivity index (χ0n) is 12.8. The van der Waals surface area contributed by atoms with Gasteiger partial charge in [0.15, 0.2) is 0 Å². The summed E-state index contributed by atoms with van der Waals surface area (Å²) >= 11 is 0. The van der Waals surface area contributed by atoms with Gasteiger partial charge in [0.1, 0.15) is 0 Å². The molecule has 1 atom stereocenters. The molecule has 1 N–H and O–H groups in total. The van der Waals surface area contributed by atoms with E-state index < -0.39 is 0 Å². The Kier molecular flexibility index (Phi) is 4.55. The van der Waals surface area contributed by atoms with Crippen LogP contribution in [0.4, 0.5) is 0 Å². The monoisotopic (exact) mass is 272 g/mol. The molecule has 0 fully saturated rings. The number of hydrogen-bond acceptors (Lipinski definition) is 3. The van der Waals surface area contributed by atoms with Crippen LogP contribution in [-0.2, 0) is 6.42 Å². The Labute approximate surface area is 121 Å². The molecule has 1 aromatic heterocycles. The molecular formula is C16H24N4. The summed E-state index contributed by atoms with van der Waals surface area (Å²) in [6.45, 7) is 6.79. The van der Waals surface area contributed by atoms with E-state index in [1.54, 1.807) is 0 Å². The maximum absolute atomic E-state index is 4.20. The van der Waals surface area contributed by atoms with Crippen molar-refractivity contribution in [1.82, 2.24) is 20.3 Å². The fourth-order valence-electron chi connectivity index (χ4n) is 2.52. The van der Waals surface area contributed by atoms with Crippen molar-refractivity contribution in [3.05, 3.63) is 42.2 Å². The fraction of sp³-hybridized carbons (Fsp3) is 0.500. The van der Waals surface area contributed by atoms with Crippen LogP contribution in [-0.4, -0.2) is 28.1 Å². The van der Waals surface area contributed by atoms with E-state index in [9.17, 15) is 0 Å². The van der Waals surface area contributed by atoms with Gasteiger partial charge in [-0.1, -0.05) is 44.2 Å². The van der Waals surface area contributed by atoms with E-state index in [-0.39, 0.29) is 5.41 Å². The van der Waals surface area contributed by atoms with Crippen LogP contribution in [0.3, 0.4) is 0 Å². The van der Waals surface area contributed by atoms with E-state index >= 15 is 0 Å². The Morgan fingerprint density at radius 3 is 2.50 bits per heavy atom. The molecule has 0 aliphatic heterocycles. The third kappa shape index (κ3) is 3.45. The number of nitrogens with one attached hydrogen (secondary N) is 1. The molecule has 1 aromatic carbocycles. The third-order valence-electron chi connectivity index (χ3n) is 3.70. The lowest BCUT2D eigenvalue weighted by atomic mass is 9.84. The lowest BCUT2D eigenvalue weighted by molar-refractivity contribution is 0.267. The molecule has 1 heterocycles. The van der Waals surface area contributed by atoms with Gasteiger partial charge in [-0.05, 0) is 37.4 Å². The van der Waals surface area contributed by atoms with E-state index in [1.807, 2.05) is 36.1 Å². The highest BCUT2D eigenvalue weighted by atomic mass is 15.4. The van der Waals surface area contributed by atoms with Crippen LogP contribution in [0.2, 0.25) is 0 Å². The van der Waals surface area contributed by atoms with Crippen molar-refractivity contribution in [1.29, 1.82) is 0 Å². The molecule has 0 aliphatic rings. The number of aromatic nitrogens is 3. The van der Waals surface area contributed by atoms with E-state index in [4.69, 9.17) is 0 Å². The molecule has 0 saturated carbocycles. The predicted molar refractivity (Wildman–Crippen MR) is 82.0 cm³/mol. The average Bonchev–Trinajstić information content (AvgIpc) is 2.87. The van der Waals surface area contributed by atoms with Gasteiger partial charge in [0.2, 0.25) is 0 Å². The summed E-state index contributed by atoms with van der Waals surface area (Å²) in [7, 11) is 2.03. The minimum Gasteiger partial charge on any atom is -0.316 e. The Bertz CT molecular complexity index is 525. The predicted octanol–water partition coefficient (Wildman–Crippen LogP) is 2.83. The van der Waals surface area contributed by atoms with Crippen molar-refractivity contribution in [3.8, 4) is 5.69 Å². The minimum absolute atomic E-state index is 0.250. The van der Waals surface area contributed by atoms with Crippen molar-refractivity contribution in [2.24, 2.45) is 5.41 Å². The summed E-state index contributed by atoms with van der Waals surface area (Å²) in [5.41, 5.74) is 2.47. The van der Waals surface area contributed by atoms with Gasteiger partial charge in [-0.3, -0.25) is 0 Å². The van der Waals surface area contributed by atoms with Crippen molar-refractivity contribution in [3.63, 3.8) is 0 Å². The second kappa shape index (κ2) is 6.18. The Hall–Kier alpha value is -1.68. The summed E-state index contributed by atoms with van der Waals surface area (Å²) in [4.78, 5) is 0. The molecule has 0 bridgehead atoms. The molecule has 4 heteroatoms. The topological polar surface area (TPSA) is 42.7 Å². The molecule has 0 amide bonds. The van der Waals surface area contributed by atoms with Gasteiger partial charge >= 0.3 is 0 Å². The molecule has 0 spiro atoms. The molecule has 20 heavy (non-hydrogen) atoms. The van der Waals surface area contributed by atoms with Gasteiger partial charge in [0.25, 0.3) is 0 Å². The normalized spacial score (nSPS) is 13.4. The highest BCUT2D eigenvalue weighted by molar-refractivity contribution is 5.31. The third-order valence-corrected chi connectivity index (χ3v) is 3.70. The van der Waals surface area contributed by atoms with E-state index in [0.717, 1.165) is 24.2 Å². The molecule has 1 unspecified atom stereocenters. The molecule has 0 saturated heterocycles. The first kappa shape index (κ1) is 14.7. The van der Waals surface area contributed by atoms with Gasteiger partial charge in [-0.15, -0.1) is 5.10 Å². The van der Waals surface area contributed by atoms with Crippen molar-refractivity contribution >= 4 is 0 Å². The number of para-hydroxylation sites is 1. The van der Waals surface area contributed by atoms with Crippen LogP contribution < -0.4 is 5.32 Å². The summed E-state index contributed by atoms with van der Waals surface area (Å²) in [5, 5.41) is 11.7. The maximum Gasteiger partial charge on any atom is 0.0729 e. The van der Waals surface area contributed by atoms with Gasteiger partial charge < -0.3 is 5.32 Å². The van der Waals surface area contributed by atoms with E-state index in [1.165, 1.54) is 0 Å². The lowest BCUT2D eigenvalue weighted by Gasteiger charge is -2.30. The number of nitrogens with zero attached hydrogens (tertiary/aromatic N) is 3. The van der Waals surface area contributed by atoms with Gasteiger partial charge in [0, 0.05) is 6.04 Å². The smallest absolute Gasteiger partial charge is 0.0729 e. The van der Waals surface area contributed by atoms with Gasteiger partial charge in [0.05, 0.1) is 17.6 Å². The van der Waals surface area contributed by atoms with E-state index in [0.29, 0.717) is 6.04 Å². The van der Waals surface area contributed by atoms with Crippen LogP contribution in [0.25, 0.3) is 5.69 Å². The molecular weight excluding hydrogens is 248 g/mol. The van der Waals surface area contributed by atoms with Gasteiger partial charge in [-0.25, -0.2) is 4.68 Å². The summed E-state index contributed by atoms with van der Waals surface area (Å²) < 4.78 is 1.93. The van der Waals surface area contributed by atoms with Crippen molar-refractivity contribution in [2.45, 2.75) is 39.7 Å². The lowest BCUT2D eigenvalue weighted by Crippen LogP contribution is -2.38. The first-order chi connectivity index (χ1) is 9.52. The number of rotatable bonds is 5. The second-order valence-corrected chi connectivity index (χ2v) is 6.22. The summed E-state index contributed by atoms with van der Waals surface area (Å²) in [5.74, 6) is 0. The average molecular weight is 272 g/mol. The summed E-state index contributed by atoms with van der Waals surface area (Å²) in [6, 6.07) is 10.6.